The van der Waals surface area contributed by atoms with Crippen LogP contribution < -0.4 is 20.3 Å². The van der Waals surface area contributed by atoms with Gasteiger partial charge in [0.25, 0.3) is 5.91 Å². The molecular weight excluding hydrogens is 403 g/mol. The van der Waals surface area contributed by atoms with Gasteiger partial charge in [-0.05, 0) is 54.4 Å². The fourth-order valence-electron chi connectivity index (χ4n) is 3.60. The van der Waals surface area contributed by atoms with Crippen molar-refractivity contribution in [2.45, 2.75) is 18.9 Å². The number of fused-ring (bicyclic) bond motifs is 1. The van der Waals surface area contributed by atoms with Gasteiger partial charge in [-0.1, -0.05) is 0 Å². The number of anilines is 1. The maximum absolute atomic E-state index is 13.5. The molecule has 160 valence electrons. The first-order valence-corrected chi connectivity index (χ1v) is 9.77. The van der Waals surface area contributed by atoms with Crippen molar-refractivity contribution in [2.24, 2.45) is 0 Å². The third-order valence-electron chi connectivity index (χ3n) is 5.19. The van der Waals surface area contributed by atoms with Gasteiger partial charge in [0.1, 0.15) is 17.6 Å². The number of H-pyrrole nitrogens is 1. The summed E-state index contributed by atoms with van der Waals surface area (Å²) in [7, 11) is 1.52. The molecule has 0 saturated carbocycles. The highest BCUT2D eigenvalue weighted by molar-refractivity contribution is 6.22. The Balaban J connectivity index is 1.32. The molecule has 1 saturated heterocycles. The van der Waals surface area contributed by atoms with Crippen LogP contribution in [0.3, 0.4) is 0 Å². The number of aromatic amines is 1. The highest BCUT2D eigenvalue weighted by Gasteiger charge is 2.40. The number of nitrogens with one attached hydrogen (secondary N) is 3. The second-order valence-electron chi connectivity index (χ2n) is 7.18. The molecule has 1 aliphatic heterocycles. The van der Waals surface area contributed by atoms with Gasteiger partial charge in [0.2, 0.25) is 5.91 Å². The number of rotatable bonds is 7. The molecule has 0 bridgehead atoms. The number of halogens is 1. The van der Waals surface area contributed by atoms with Crippen molar-refractivity contribution in [3.63, 3.8) is 0 Å². The molecule has 0 aliphatic carbocycles. The van der Waals surface area contributed by atoms with Crippen molar-refractivity contribution in [2.75, 3.05) is 18.6 Å². The number of benzene rings is 2. The molecule has 1 atom stereocenters. The number of urea groups is 1. The molecular formula is C22H21FN4O4. The van der Waals surface area contributed by atoms with Gasteiger partial charge in [0.05, 0.1) is 19.2 Å². The largest absolute Gasteiger partial charge is 0.497 e. The Labute approximate surface area is 177 Å². The quantitative estimate of drug-likeness (QED) is 0.507. The molecule has 9 heteroatoms. The summed E-state index contributed by atoms with van der Waals surface area (Å²) in [6.45, 7) is 0.319. The summed E-state index contributed by atoms with van der Waals surface area (Å²) >= 11 is 0. The van der Waals surface area contributed by atoms with E-state index in [0.717, 1.165) is 21.4 Å². The summed E-state index contributed by atoms with van der Waals surface area (Å²) in [5.41, 5.74) is 2.10. The number of amides is 4. The van der Waals surface area contributed by atoms with Crippen LogP contribution in [0.2, 0.25) is 0 Å². The van der Waals surface area contributed by atoms with E-state index in [1.54, 1.807) is 36.5 Å². The van der Waals surface area contributed by atoms with Crippen molar-refractivity contribution in [1.82, 2.24) is 15.6 Å². The van der Waals surface area contributed by atoms with Crippen LogP contribution in [0, 0.1) is 5.82 Å². The molecule has 4 rings (SSSR count). The van der Waals surface area contributed by atoms with Crippen molar-refractivity contribution < 1.29 is 23.5 Å². The molecule has 4 amide bonds. The van der Waals surface area contributed by atoms with E-state index in [-0.39, 0.29) is 18.1 Å². The van der Waals surface area contributed by atoms with Gasteiger partial charge < -0.3 is 20.4 Å². The molecule has 2 aromatic carbocycles. The highest BCUT2D eigenvalue weighted by atomic mass is 19.1. The zero-order valence-corrected chi connectivity index (χ0v) is 16.8. The summed E-state index contributed by atoms with van der Waals surface area (Å²) in [5.74, 6) is -0.572. The summed E-state index contributed by atoms with van der Waals surface area (Å²) in [4.78, 5) is 41.3. The predicted molar refractivity (Wildman–Crippen MR) is 112 cm³/mol. The van der Waals surface area contributed by atoms with Crippen molar-refractivity contribution >= 4 is 34.4 Å². The van der Waals surface area contributed by atoms with Crippen LogP contribution in [0.15, 0.2) is 48.7 Å². The van der Waals surface area contributed by atoms with Crippen LogP contribution in [0.5, 0.6) is 5.75 Å². The number of carbonyl (C=O) groups is 3. The zero-order valence-electron chi connectivity index (χ0n) is 16.8. The first-order chi connectivity index (χ1) is 15.0. The maximum Gasteiger partial charge on any atom is 0.329 e. The van der Waals surface area contributed by atoms with Gasteiger partial charge in [-0.25, -0.2) is 14.1 Å². The molecule has 31 heavy (non-hydrogen) atoms. The van der Waals surface area contributed by atoms with Crippen molar-refractivity contribution in [3.05, 3.63) is 60.0 Å². The molecule has 0 unspecified atom stereocenters. The first kappa shape index (κ1) is 20.4. The van der Waals surface area contributed by atoms with Gasteiger partial charge in [-0.15, -0.1) is 0 Å². The Morgan fingerprint density at radius 1 is 1.19 bits per heavy atom. The van der Waals surface area contributed by atoms with E-state index in [0.29, 0.717) is 24.4 Å². The number of nitrogens with zero attached hydrogens (tertiary/aromatic N) is 1. The van der Waals surface area contributed by atoms with Gasteiger partial charge in [0, 0.05) is 23.6 Å². The standard InChI is InChI=1S/C22H21FN4O4/c1-31-16-5-3-15(4-6-16)27-21(29)19(26-22(27)30)11-20(28)24-9-8-13-12-25-18-7-2-14(23)10-17(13)18/h2-7,10,12,19,25H,8-9,11H2,1H3,(H,24,28)(H,26,30)/t19-/m0/s1. The summed E-state index contributed by atoms with van der Waals surface area (Å²) in [6, 6.07) is 9.47. The van der Waals surface area contributed by atoms with Gasteiger partial charge in [0.15, 0.2) is 0 Å². The fourth-order valence-corrected chi connectivity index (χ4v) is 3.60. The van der Waals surface area contributed by atoms with Crippen molar-refractivity contribution in [3.8, 4) is 5.75 Å². The monoisotopic (exact) mass is 424 g/mol. The molecule has 8 nitrogen and oxygen atoms in total. The normalized spacial score (nSPS) is 15.9. The van der Waals surface area contributed by atoms with E-state index < -0.39 is 18.0 Å². The second kappa shape index (κ2) is 8.47. The lowest BCUT2D eigenvalue weighted by atomic mass is 10.1. The Bertz CT molecular complexity index is 1140. The number of ether oxygens (including phenoxy) is 1. The van der Waals surface area contributed by atoms with E-state index in [1.807, 2.05) is 0 Å². The van der Waals surface area contributed by atoms with Crippen LogP contribution in [0.1, 0.15) is 12.0 Å². The lowest BCUT2D eigenvalue weighted by Crippen LogP contribution is -2.37. The minimum absolute atomic E-state index is 0.167. The first-order valence-electron chi connectivity index (χ1n) is 9.77. The molecule has 2 heterocycles. The Morgan fingerprint density at radius 3 is 2.71 bits per heavy atom. The van der Waals surface area contributed by atoms with Crippen LogP contribution in [-0.4, -0.2) is 42.5 Å². The minimum atomic E-state index is -0.934. The number of hydrogen-bond acceptors (Lipinski definition) is 4. The van der Waals surface area contributed by atoms with Crippen molar-refractivity contribution in [1.29, 1.82) is 0 Å². The molecule has 0 spiro atoms. The topological polar surface area (TPSA) is 104 Å². The molecule has 3 N–H and O–H groups in total. The summed E-state index contributed by atoms with van der Waals surface area (Å²) in [6.07, 6.45) is 2.11. The lowest BCUT2D eigenvalue weighted by molar-refractivity contribution is -0.125. The van der Waals surface area contributed by atoms with E-state index in [4.69, 9.17) is 4.74 Å². The Morgan fingerprint density at radius 2 is 1.97 bits per heavy atom. The van der Waals surface area contributed by atoms with E-state index in [2.05, 4.69) is 15.6 Å². The third kappa shape index (κ3) is 4.20. The number of methoxy groups -OCH3 is 1. The van der Waals surface area contributed by atoms with E-state index >= 15 is 0 Å². The zero-order chi connectivity index (χ0) is 22.0. The fraction of sp³-hybridized carbons (Fsp3) is 0.227. The van der Waals surface area contributed by atoms with Crippen LogP contribution in [0.25, 0.3) is 10.9 Å². The maximum atomic E-state index is 13.5. The number of carbonyl (C=O) groups excluding carboxylic acids is 3. The summed E-state index contributed by atoms with van der Waals surface area (Å²) in [5, 5.41) is 6.06. The SMILES string of the molecule is COc1ccc(N2C(=O)N[C@@H](CC(=O)NCCc3c[nH]c4ccc(F)cc34)C2=O)cc1. The summed E-state index contributed by atoms with van der Waals surface area (Å²) < 4.78 is 18.5. The number of imide groups is 1. The van der Waals surface area contributed by atoms with Gasteiger partial charge in [-0.3, -0.25) is 9.59 Å². The molecule has 0 radical (unpaired) electrons. The van der Waals surface area contributed by atoms with Crippen LogP contribution in [0.4, 0.5) is 14.9 Å². The average molecular weight is 424 g/mol. The lowest BCUT2D eigenvalue weighted by Gasteiger charge is -2.13. The third-order valence-corrected chi connectivity index (χ3v) is 5.19. The molecule has 1 aromatic heterocycles. The molecule has 1 fully saturated rings. The number of hydrogen-bond donors (Lipinski definition) is 3. The molecule has 3 aromatic rings. The smallest absolute Gasteiger partial charge is 0.329 e. The average Bonchev–Trinajstić information content (AvgIpc) is 3.28. The highest BCUT2D eigenvalue weighted by Crippen LogP contribution is 2.23. The van der Waals surface area contributed by atoms with Crippen LogP contribution >= 0.6 is 0 Å². The van der Waals surface area contributed by atoms with Gasteiger partial charge in [-0.2, -0.15) is 0 Å². The van der Waals surface area contributed by atoms with E-state index in [9.17, 15) is 18.8 Å². The van der Waals surface area contributed by atoms with E-state index in [1.165, 1.54) is 19.2 Å². The number of aromatic nitrogens is 1. The van der Waals surface area contributed by atoms with Gasteiger partial charge >= 0.3 is 6.03 Å². The Kier molecular flexibility index (Phi) is 5.57. The molecule has 1 aliphatic rings. The predicted octanol–water partition coefficient (Wildman–Crippen LogP) is 2.49. The van der Waals surface area contributed by atoms with Crippen LogP contribution in [-0.2, 0) is 16.0 Å². The second-order valence-corrected chi connectivity index (χ2v) is 7.18. The Hall–Kier alpha value is -3.88. The minimum Gasteiger partial charge on any atom is -0.497 e.